The predicted molar refractivity (Wildman–Crippen MR) is 74.0 cm³/mol. The summed E-state index contributed by atoms with van der Waals surface area (Å²) in [7, 11) is 0. The highest BCUT2D eigenvalue weighted by atomic mass is 16.7. The summed E-state index contributed by atoms with van der Waals surface area (Å²) in [5, 5.41) is 2.65. The second-order valence-corrected chi connectivity index (χ2v) is 5.30. The van der Waals surface area contributed by atoms with Crippen LogP contribution in [0.2, 0.25) is 0 Å². The van der Waals surface area contributed by atoms with E-state index in [1.807, 2.05) is 0 Å². The summed E-state index contributed by atoms with van der Waals surface area (Å²) in [5.41, 5.74) is 4.43. The molecule has 3 rings (SSSR count). The lowest BCUT2D eigenvalue weighted by Gasteiger charge is -2.22. The van der Waals surface area contributed by atoms with Crippen LogP contribution in [0.4, 0.5) is 4.79 Å². The third-order valence-electron chi connectivity index (χ3n) is 3.81. The van der Waals surface area contributed by atoms with E-state index in [2.05, 4.69) is 5.32 Å². The molecule has 0 radical (unpaired) electrons. The maximum atomic E-state index is 12.6. The smallest absolute Gasteiger partial charge is 0.325 e. The monoisotopic (exact) mass is 305 g/mol. The second-order valence-electron chi connectivity index (χ2n) is 5.30. The Morgan fingerprint density at radius 2 is 2.09 bits per heavy atom. The van der Waals surface area contributed by atoms with Gasteiger partial charge in [-0.1, -0.05) is 6.07 Å². The number of fused-ring (bicyclic) bond motifs is 1. The Morgan fingerprint density at radius 1 is 1.36 bits per heavy atom. The first kappa shape index (κ1) is 14.2. The molecule has 0 bridgehead atoms. The van der Waals surface area contributed by atoms with Crippen LogP contribution >= 0.6 is 0 Å². The number of nitrogens with two attached hydrogens (primary N) is 1. The van der Waals surface area contributed by atoms with Gasteiger partial charge in [0.15, 0.2) is 11.5 Å². The molecule has 1 fully saturated rings. The lowest BCUT2D eigenvalue weighted by atomic mass is 9.91. The molecular weight excluding hydrogens is 290 g/mol. The van der Waals surface area contributed by atoms with Gasteiger partial charge in [-0.05, 0) is 24.6 Å². The van der Waals surface area contributed by atoms with E-state index in [9.17, 15) is 14.4 Å². The van der Waals surface area contributed by atoms with Gasteiger partial charge in [-0.25, -0.2) is 4.79 Å². The zero-order valence-electron chi connectivity index (χ0n) is 11.9. The van der Waals surface area contributed by atoms with Gasteiger partial charge in [0.25, 0.3) is 5.91 Å². The average molecular weight is 305 g/mol. The molecule has 22 heavy (non-hydrogen) atoms. The molecule has 2 heterocycles. The minimum atomic E-state index is -1.21. The number of urea groups is 1. The average Bonchev–Trinajstić information content (AvgIpc) is 3.01. The van der Waals surface area contributed by atoms with Crippen LogP contribution in [0.1, 0.15) is 18.9 Å². The topological polar surface area (TPSA) is 111 Å². The summed E-state index contributed by atoms with van der Waals surface area (Å²) < 4.78 is 10.5. The number of hydrogen-bond donors (Lipinski definition) is 2. The Morgan fingerprint density at radius 3 is 2.82 bits per heavy atom. The summed E-state index contributed by atoms with van der Waals surface area (Å²) in [6.45, 7) is 1.69. The van der Waals surface area contributed by atoms with Crippen LogP contribution in [0, 0.1) is 0 Å². The summed E-state index contributed by atoms with van der Waals surface area (Å²) in [5.74, 6) is 0.112. The van der Waals surface area contributed by atoms with Gasteiger partial charge in [-0.15, -0.1) is 0 Å². The minimum absolute atomic E-state index is 0.0415. The van der Waals surface area contributed by atoms with E-state index in [-0.39, 0.29) is 19.8 Å². The van der Waals surface area contributed by atoms with Gasteiger partial charge in [0.1, 0.15) is 5.54 Å². The quantitative estimate of drug-likeness (QED) is 0.764. The van der Waals surface area contributed by atoms with Crippen LogP contribution in [-0.4, -0.2) is 36.1 Å². The van der Waals surface area contributed by atoms with Crippen molar-refractivity contribution in [1.29, 1.82) is 0 Å². The van der Waals surface area contributed by atoms with Crippen LogP contribution < -0.4 is 20.5 Å². The van der Waals surface area contributed by atoms with E-state index in [0.29, 0.717) is 17.1 Å². The SMILES string of the molecule is CC1(c2ccc3c(c2)OCO3)NC(=O)N(CCC(N)=O)C1=O. The molecule has 0 spiro atoms. The van der Waals surface area contributed by atoms with E-state index >= 15 is 0 Å². The fourth-order valence-corrected chi connectivity index (χ4v) is 2.53. The van der Waals surface area contributed by atoms with Crippen molar-refractivity contribution in [2.75, 3.05) is 13.3 Å². The van der Waals surface area contributed by atoms with Gasteiger partial charge in [-0.3, -0.25) is 14.5 Å². The number of benzene rings is 1. The molecule has 1 aromatic rings. The van der Waals surface area contributed by atoms with Crippen molar-refractivity contribution >= 4 is 17.8 Å². The summed E-state index contributed by atoms with van der Waals surface area (Å²) in [4.78, 5) is 36.4. The molecule has 8 heteroatoms. The number of carbonyl (C=O) groups excluding carboxylic acids is 3. The van der Waals surface area contributed by atoms with Gasteiger partial charge >= 0.3 is 6.03 Å². The lowest BCUT2D eigenvalue weighted by molar-refractivity contribution is -0.131. The van der Waals surface area contributed by atoms with Crippen molar-refractivity contribution in [1.82, 2.24) is 10.2 Å². The maximum Gasteiger partial charge on any atom is 0.325 e. The summed E-state index contributed by atoms with van der Waals surface area (Å²) in [6.07, 6.45) is -0.0730. The number of imide groups is 1. The van der Waals surface area contributed by atoms with Crippen molar-refractivity contribution in [2.45, 2.75) is 18.9 Å². The molecule has 1 unspecified atom stereocenters. The lowest BCUT2D eigenvalue weighted by Crippen LogP contribution is -2.41. The normalized spacial score (nSPS) is 22.9. The molecule has 3 N–H and O–H groups in total. The third kappa shape index (κ3) is 2.12. The number of amides is 4. The Hall–Kier alpha value is -2.77. The summed E-state index contributed by atoms with van der Waals surface area (Å²) >= 11 is 0. The molecule has 2 aliphatic rings. The zero-order chi connectivity index (χ0) is 15.9. The molecule has 4 amide bonds. The fraction of sp³-hybridized carbons (Fsp3) is 0.357. The minimum Gasteiger partial charge on any atom is -0.454 e. The zero-order valence-corrected chi connectivity index (χ0v) is 11.9. The van der Waals surface area contributed by atoms with Gasteiger partial charge < -0.3 is 20.5 Å². The number of primary amides is 1. The molecule has 2 aliphatic heterocycles. The molecule has 1 atom stereocenters. The van der Waals surface area contributed by atoms with Crippen LogP contribution in [0.3, 0.4) is 0 Å². The highest BCUT2D eigenvalue weighted by Gasteiger charge is 2.49. The van der Waals surface area contributed by atoms with Crippen LogP contribution in [0.5, 0.6) is 11.5 Å². The van der Waals surface area contributed by atoms with Gasteiger partial charge in [-0.2, -0.15) is 0 Å². The van der Waals surface area contributed by atoms with Crippen molar-refractivity contribution < 1.29 is 23.9 Å². The third-order valence-corrected chi connectivity index (χ3v) is 3.81. The number of rotatable bonds is 4. The van der Waals surface area contributed by atoms with Crippen molar-refractivity contribution in [3.63, 3.8) is 0 Å². The van der Waals surface area contributed by atoms with Gasteiger partial charge in [0.2, 0.25) is 12.7 Å². The first-order valence-electron chi connectivity index (χ1n) is 6.74. The largest absolute Gasteiger partial charge is 0.454 e. The standard InChI is InChI=1S/C14H15N3O5/c1-14(8-2-3-9-10(6-8)22-7-21-9)12(19)17(13(20)16-14)5-4-11(15)18/h2-3,6H,4-5,7H2,1H3,(H2,15,18)(H,16,20). The fourth-order valence-electron chi connectivity index (χ4n) is 2.53. The second kappa shape index (κ2) is 4.90. The highest BCUT2D eigenvalue weighted by molar-refractivity contribution is 6.07. The van der Waals surface area contributed by atoms with E-state index in [1.165, 1.54) is 0 Å². The summed E-state index contributed by atoms with van der Waals surface area (Å²) in [6, 6.07) is 4.50. The predicted octanol–water partition coefficient (Wildman–Crippen LogP) is 0.0577. The molecule has 1 saturated heterocycles. The van der Waals surface area contributed by atoms with Crippen molar-refractivity contribution in [3.05, 3.63) is 23.8 Å². The van der Waals surface area contributed by atoms with E-state index < -0.39 is 23.4 Å². The Labute approximate surface area is 126 Å². The molecular formula is C14H15N3O5. The van der Waals surface area contributed by atoms with Crippen molar-refractivity contribution in [3.8, 4) is 11.5 Å². The molecule has 1 aromatic carbocycles. The van der Waals surface area contributed by atoms with Crippen LogP contribution in [0.25, 0.3) is 0 Å². The van der Waals surface area contributed by atoms with Gasteiger partial charge in [0.05, 0.1) is 0 Å². The first-order valence-corrected chi connectivity index (χ1v) is 6.74. The van der Waals surface area contributed by atoms with E-state index in [0.717, 1.165) is 4.90 Å². The number of nitrogens with zero attached hydrogens (tertiary/aromatic N) is 1. The van der Waals surface area contributed by atoms with Gasteiger partial charge in [0, 0.05) is 13.0 Å². The molecule has 0 saturated carbocycles. The van der Waals surface area contributed by atoms with Crippen LogP contribution in [0.15, 0.2) is 18.2 Å². The molecule has 0 aromatic heterocycles. The van der Waals surface area contributed by atoms with Crippen molar-refractivity contribution in [2.24, 2.45) is 5.73 Å². The first-order chi connectivity index (χ1) is 10.4. The number of ether oxygens (including phenoxy) is 2. The Bertz CT molecular complexity index is 674. The molecule has 8 nitrogen and oxygen atoms in total. The van der Waals surface area contributed by atoms with E-state index in [1.54, 1.807) is 25.1 Å². The highest BCUT2D eigenvalue weighted by Crippen LogP contribution is 2.37. The Balaban J connectivity index is 1.88. The number of carbonyl (C=O) groups is 3. The number of hydrogen-bond acceptors (Lipinski definition) is 5. The maximum absolute atomic E-state index is 12.6. The number of nitrogens with one attached hydrogen (secondary N) is 1. The molecule has 116 valence electrons. The van der Waals surface area contributed by atoms with Crippen LogP contribution in [-0.2, 0) is 15.1 Å². The Kier molecular flexibility index (Phi) is 3.16. The van der Waals surface area contributed by atoms with E-state index in [4.69, 9.17) is 15.2 Å². The molecule has 0 aliphatic carbocycles.